The molecule has 39 heavy (non-hydrogen) atoms. The quantitative estimate of drug-likeness (QED) is 0.279. The predicted octanol–water partition coefficient (Wildman–Crippen LogP) is 6.20. The Labute approximate surface area is 245 Å². The Morgan fingerprint density at radius 3 is 2.56 bits per heavy atom. The van der Waals surface area contributed by atoms with E-state index in [9.17, 15) is 19.2 Å². The molecule has 1 aromatic heterocycles. The fourth-order valence-corrected chi connectivity index (χ4v) is 9.77. The molecular weight excluding hydrogens is 611 g/mol. The van der Waals surface area contributed by atoms with Crippen molar-refractivity contribution in [2.75, 3.05) is 6.61 Å². The second kappa shape index (κ2) is 9.59. The van der Waals surface area contributed by atoms with Gasteiger partial charge in [0.05, 0.1) is 10.3 Å². The average Bonchev–Trinajstić information content (AvgIpc) is 3.39. The lowest BCUT2D eigenvalue weighted by Gasteiger charge is -2.64. The van der Waals surface area contributed by atoms with E-state index in [2.05, 4.69) is 15.9 Å². The number of ketones is 2. The molecule has 6 unspecified atom stereocenters. The van der Waals surface area contributed by atoms with Crippen LogP contribution >= 0.6 is 39.1 Å². The lowest BCUT2D eigenvalue weighted by atomic mass is 9.46. The summed E-state index contributed by atoms with van der Waals surface area (Å²) in [6.45, 7) is 6.55. The van der Waals surface area contributed by atoms with Gasteiger partial charge in [-0.25, -0.2) is 4.79 Å². The third-order valence-corrected chi connectivity index (χ3v) is 12.0. The molecule has 0 N–H and O–H groups in total. The van der Waals surface area contributed by atoms with Crippen LogP contribution in [0.4, 0.5) is 0 Å². The van der Waals surface area contributed by atoms with E-state index in [1.54, 1.807) is 18.2 Å². The van der Waals surface area contributed by atoms with Crippen LogP contribution in [0, 0.1) is 28.6 Å². The molecule has 3 saturated carbocycles. The van der Waals surface area contributed by atoms with Gasteiger partial charge < -0.3 is 13.9 Å². The van der Waals surface area contributed by atoms with Gasteiger partial charge in [0.25, 0.3) is 0 Å². The smallest absolute Gasteiger partial charge is 0.375 e. The molecule has 4 aliphatic carbocycles. The summed E-state index contributed by atoms with van der Waals surface area (Å²) in [7, 11) is 0. The number of fused-ring (bicyclic) bond motifs is 5. The van der Waals surface area contributed by atoms with Crippen molar-refractivity contribution in [2.45, 2.75) is 69.2 Å². The van der Waals surface area contributed by atoms with Crippen LogP contribution in [0.3, 0.4) is 0 Å². The highest BCUT2D eigenvalue weighted by atomic mass is 79.9. The largest absolute Gasteiger partial charge is 0.458 e. The molecule has 0 spiro atoms. The zero-order chi connectivity index (χ0) is 28.5. The van der Waals surface area contributed by atoms with Gasteiger partial charge >= 0.3 is 11.9 Å². The number of Topliss-reactive ketones (excluding diaryl/α,β-unsaturated/α-hetero) is 1. The SMILES string of the molecule is CC(=O)OCC(=O)[C@@]1(OC(=O)c2ccc(Br)o2)C(C)CC2C3CCC4=CC(=O)C=CC4(C)[C@@]3(Cl)C(Cl)CC21C. The maximum absolute atomic E-state index is 14.1. The van der Waals surface area contributed by atoms with Crippen molar-refractivity contribution in [1.29, 1.82) is 0 Å². The molecule has 7 nitrogen and oxygen atoms in total. The summed E-state index contributed by atoms with van der Waals surface area (Å²) in [6, 6.07) is 3.04. The first-order chi connectivity index (χ1) is 18.2. The Hall–Kier alpha value is -1.90. The summed E-state index contributed by atoms with van der Waals surface area (Å²) in [4.78, 5) is 50.4. The van der Waals surface area contributed by atoms with E-state index in [4.69, 9.17) is 37.1 Å². The molecule has 8 atom stereocenters. The minimum absolute atomic E-state index is 0.0531. The van der Waals surface area contributed by atoms with Crippen molar-refractivity contribution in [1.82, 2.24) is 0 Å². The molecule has 10 heteroatoms. The molecule has 0 radical (unpaired) electrons. The molecule has 0 saturated heterocycles. The van der Waals surface area contributed by atoms with Gasteiger partial charge in [0, 0.05) is 23.7 Å². The number of hydrogen-bond donors (Lipinski definition) is 0. The van der Waals surface area contributed by atoms with E-state index >= 15 is 0 Å². The van der Waals surface area contributed by atoms with Gasteiger partial charge in [-0.15, -0.1) is 23.2 Å². The van der Waals surface area contributed by atoms with Crippen LogP contribution in [0.5, 0.6) is 0 Å². The second-order valence-electron chi connectivity index (χ2n) is 11.8. The van der Waals surface area contributed by atoms with Crippen LogP contribution < -0.4 is 0 Å². The van der Waals surface area contributed by atoms with Crippen LogP contribution in [0.25, 0.3) is 0 Å². The van der Waals surface area contributed by atoms with E-state index in [0.29, 0.717) is 23.9 Å². The van der Waals surface area contributed by atoms with Crippen molar-refractivity contribution < 1.29 is 33.1 Å². The normalized spacial score (nSPS) is 40.7. The van der Waals surface area contributed by atoms with Crippen molar-refractivity contribution in [3.8, 4) is 0 Å². The number of esters is 2. The van der Waals surface area contributed by atoms with E-state index in [0.717, 1.165) is 5.57 Å². The monoisotopic (exact) mass is 640 g/mol. The number of carbonyl (C=O) groups excluding carboxylic acids is 4. The summed E-state index contributed by atoms with van der Waals surface area (Å²) in [5.74, 6) is -2.70. The molecule has 4 aliphatic rings. The molecule has 5 rings (SSSR count). The van der Waals surface area contributed by atoms with Gasteiger partial charge in [-0.3, -0.25) is 14.4 Å². The Morgan fingerprint density at radius 2 is 1.92 bits per heavy atom. The number of alkyl halides is 2. The van der Waals surface area contributed by atoms with E-state index < -0.39 is 56.9 Å². The van der Waals surface area contributed by atoms with Crippen molar-refractivity contribution >= 4 is 62.6 Å². The molecule has 1 aromatic rings. The highest BCUT2D eigenvalue weighted by Crippen LogP contribution is 2.73. The summed E-state index contributed by atoms with van der Waals surface area (Å²) < 4.78 is 17.1. The van der Waals surface area contributed by atoms with Crippen LogP contribution in [0.1, 0.15) is 63.9 Å². The molecule has 1 heterocycles. The minimum atomic E-state index is -1.63. The summed E-state index contributed by atoms with van der Waals surface area (Å²) >= 11 is 18.1. The minimum Gasteiger partial charge on any atom is -0.458 e. The number of hydrogen-bond acceptors (Lipinski definition) is 7. The van der Waals surface area contributed by atoms with E-state index in [1.165, 1.54) is 13.0 Å². The Morgan fingerprint density at radius 1 is 1.21 bits per heavy atom. The number of carbonyl (C=O) groups is 4. The maximum Gasteiger partial charge on any atom is 0.375 e. The van der Waals surface area contributed by atoms with E-state index in [-0.39, 0.29) is 29.8 Å². The average molecular weight is 642 g/mol. The van der Waals surface area contributed by atoms with Crippen molar-refractivity contribution in [3.63, 3.8) is 0 Å². The standard InChI is InChI=1S/C29H31BrCl2O7/c1-15-11-20-19-6-5-17-12-18(34)9-10-26(17,3)28(19,32)22(31)13-27(20,4)29(15,23(35)14-37-16(2)33)39-25(36)21-7-8-24(30)38-21/h7-10,12,15,19-20,22H,5-6,11,13-14H2,1-4H3/t15?,19?,20?,22?,26?,27?,28-,29-/m0/s1. The fourth-order valence-electron chi connectivity index (χ4n) is 8.23. The van der Waals surface area contributed by atoms with Crippen LogP contribution in [0.2, 0.25) is 0 Å². The first kappa shape index (κ1) is 28.6. The zero-order valence-electron chi connectivity index (χ0n) is 22.2. The first-order valence-electron chi connectivity index (χ1n) is 13.1. The third-order valence-electron chi connectivity index (χ3n) is 9.99. The highest BCUT2D eigenvalue weighted by Gasteiger charge is 2.76. The van der Waals surface area contributed by atoms with E-state index in [1.807, 2.05) is 26.8 Å². The molecule has 0 aliphatic heterocycles. The fraction of sp³-hybridized carbons (Fsp3) is 0.586. The predicted molar refractivity (Wildman–Crippen MR) is 147 cm³/mol. The number of furan rings is 1. The molecular formula is C29H31BrCl2O7. The van der Waals surface area contributed by atoms with Gasteiger partial charge in [-0.2, -0.15) is 0 Å². The van der Waals surface area contributed by atoms with Crippen LogP contribution in [0.15, 0.2) is 45.0 Å². The van der Waals surface area contributed by atoms with Gasteiger partial charge in [-0.05, 0) is 77.7 Å². The molecule has 0 aromatic carbocycles. The number of ether oxygens (including phenoxy) is 2. The Bertz CT molecular complexity index is 1320. The van der Waals surface area contributed by atoms with Crippen molar-refractivity contribution in [3.05, 3.63) is 46.4 Å². The van der Waals surface area contributed by atoms with Crippen LogP contribution in [-0.2, 0) is 23.9 Å². The number of halogens is 3. The molecule has 0 amide bonds. The van der Waals surface area contributed by atoms with Gasteiger partial charge in [0.1, 0.15) is 0 Å². The lowest BCUT2D eigenvalue weighted by molar-refractivity contribution is -0.173. The summed E-state index contributed by atoms with van der Waals surface area (Å²) in [6.07, 6.45) is 7.29. The van der Waals surface area contributed by atoms with Crippen LogP contribution in [-0.4, -0.2) is 46.0 Å². The maximum atomic E-state index is 14.1. The van der Waals surface area contributed by atoms with Gasteiger partial charge in [-0.1, -0.05) is 32.4 Å². The second-order valence-corrected chi connectivity index (χ2v) is 13.7. The Balaban J connectivity index is 1.61. The summed E-state index contributed by atoms with van der Waals surface area (Å²) in [5.41, 5.74) is -2.23. The van der Waals surface area contributed by atoms with Crippen molar-refractivity contribution in [2.24, 2.45) is 28.6 Å². The number of allylic oxidation sites excluding steroid dienone is 4. The van der Waals surface area contributed by atoms with Gasteiger partial charge in [0.2, 0.25) is 11.5 Å². The number of rotatable bonds is 5. The highest BCUT2D eigenvalue weighted by molar-refractivity contribution is 9.10. The Kier molecular flexibility index (Phi) is 7.04. The molecule has 3 fully saturated rings. The third kappa shape index (κ3) is 3.95. The molecule has 0 bridgehead atoms. The topological polar surface area (TPSA) is 99.9 Å². The summed E-state index contributed by atoms with van der Waals surface area (Å²) in [5, 5.41) is -0.625. The zero-order valence-corrected chi connectivity index (χ0v) is 25.3. The lowest BCUT2D eigenvalue weighted by Crippen LogP contribution is -2.68. The first-order valence-corrected chi connectivity index (χ1v) is 14.7. The molecule has 210 valence electrons. The van der Waals surface area contributed by atoms with Gasteiger partial charge in [0.15, 0.2) is 22.7 Å².